The number of benzene rings is 3. The Morgan fingerprint density at radius 2 is 1.65 bits per heavy atom. The van der Waals surface area contributed by atoms with Crippen molar-refractivity contribution in [3.05, 3.63) is 90.0 Å². The van der Waals surface area contributed by atoms with Crippen LogP contribution in [0.5, 0.6) is 5.75 Å². The number of quaternary nitrogens is 1. The molecule has 2 aliphatic rings. The fraction of sp³-hybridized carbons (Fsp3) is 0.269. The van der Waals surface area contributed by atoms with Crippen molar-refractivity contribution in [3.8, 4) is 5.75 Å². The van der Waals surface area contributed by atoms with Crippen molar-refractivity contribution < 1.29 is 14.4 Å². The Morgan fingerprint density at radius 3 is 2.39 bits per heavy atom. The Balaban J connectivity index is 1.13. The molecule has 0 radical (unpaired) electrons. The molecule has 1 saturated heterocycles. The maximum absolute atomic E-state index is 12.6. The first kappa shape index (κ1) is 19.6. The molecule has 0 saturated carbocycles. The molecule has 0 aromatic heterocycles. The van der Waals surface area contributed by atoms with Gasteiger partial charge in [-0.3, -0.25) is 4.79 Å². The first-order valence-electron chi connectivity index (χ1n) is 11.0. The Bertz CT molecular complexity index is 1000. The Labute approximate surface area is 183 Å². The molecule has 1 fully saturated rings. The molecule has 31 heavy (non-hydrogen) atoms. The number of para-hydroxylation sites is 1. The monoisotopic (exact) mass is 414 g/mol. The van der Waals surface area contributed by atoms with Gasteiger partial charge in [0.05, 0.1) is 26.2 Å². The van der Waals surface area contributed by atoms with Crippen LogP contribution in [0.4, 0.5) is 11.4 Å². The van der Waals surface area contributed by atoms with E-state index in [-0.39, 0.29) is 5.91 Å². The third-order valence-corrected chi connectivity index (χ3v) is 6.21. The second-order valence-electron chi connectivity index (χ2n) is 8.35. The van der Waals surface area contributed by atoms with Crippen LogP contribution in [-0.4, -0.2) is 38.2 Å². The molecule has 0 spiro atoms. The van der Waals surface area contributed by atoms with Crippen molar-refractivity contribution in [1.29, 1.82) is 0 Å². The van der Waals surface area contributed by atoms with Crippen LogP contribution in [0.3, 0.4) is 0 Å². The lowest BCUT2D eigenvalue weighted by Gasteiger charge is -2.33. The molecule has 0 unspecified atom stereocenters. The summed E-state index contributed by atoms with van der Waals surface area (Å²) in [7, 11) is 0. The highest BCUT2D eigenvalue weighted by atomic mass is 16.5. The minimum atomic E-state index is -0.460. The molecule has 3 aromatic rings. The van der Waals surface area contributed by atoms with Gasteiger partial charge in [0, 0.05) is 23.4 Å². The third-order valence-electron chi connectivity index (χ3n) is 6.21. The first-order valence-corrected chi connectivity index (χ1v) is 11.0. The van der Waals surface area contributed by atoms with E-state index in [1.54, 1.807) is 4.90 Å². The van der Waals surface area contributed by atoms with Gasteiger partial charge in [0.15, 0.2) is 6.10 Å². The van der Waals surface area contributed by atoms with Gasteiger partial charge in [-0.1, -0.05) is 48.5 Å². The zero-order chi connectivity index (χ0) is 21.0. The summed E-state index contributed by atoms with van der Waals surface area (Å²) in [6, 6.07) is 26.7. The zero-order valence-corrected chi connectivity index (χ0v) is 17.6. The number of hydrogen-bond acceptors (Lipinski definition) is 3. The van der Waals surface area contributed by atoms with E-state index in [0.29, 0.717) is 6.42 Å². The number of anilines is 2. The van der Waals surface area contributed by atoms with E-state index in [1.165, 1.54) is 11.3 Å². The largest absolute Gasteiger partial charge is 0.480 e. The molecule has 1 amide bonds. The second kappa shape index (κ2) is 8.82. The smallest absolute Gasteiger partial charge is 0.265 e. The van der Waals surface area contributed by atoms with Gasteiger partial charge >= 0.3 is 0 Å². The average Bonchev–Trinajstić information content (AvgIpc) is 3.26. The van der Waals surface area contributed by atoms with Crippen LogP contribution < -0.4 is 19.9 Å². The molecule has 2 N–H and O–H groups in total. The highest BCUT2D eigenvalue weighted by Crippen LogP contribution is 2.29. The summed E-state index contributed by atoms with van der Waals surface area (Å²) in [5.74, 6) is 0.716. The van der Waals surface area contributed by atoms with Gasteiger partial charge in [-0.2, -0.15) is 0 Å². The standard InChI is InChI=1S/C26H27N3O2/c30-26(25-18-21-8-4-5-9-24(21)31-25)27-22-10-12-23(13-11-22)29-16-14-28(15-17-29)19-20-6-2-1-3-7-20/h1-13,25H,14-19H2,(H,27,30)/p+1/t25-/m1/s1. The number of carbonyl (C=O) groups is 1. The summed E-state index contributed by atoms with van der Waals surface area (Å²) in [5, 5.41) is 3.00. The van der Waals surface area contributed by atoms with E-state index in [1.807, 2.05) is 36.4 Å². The number of piperazine rings is 1. The fourth-order valence-electron chi connectivity index (χ4n) is 4.45. The summed E-state index contributed by atoms with van der Waals surface area (Å²) < 4.78 is 5.79. The van der Waals surface area contributed by atoms with Gasteiger partial charge in [-0.15, -0.1) is 0 Å². The highest BCUT2D eigenvalue weighted by Gasteiger charge is 2.28. The number of hydrogen-bond donors (Lipinski definition) is 2. The molecular formula is C26H28N3O2+. The summed E-state index contributed by atoms with van der Waals surface area (Å²) in [6.07, 6.45) is 0.160. The highest BCUT2D eigenvalue weighted by molar-refractivity contribution is 5.95. The van der Waals surface area contributed by atoms with E-state index in [2.05, 4.69) is 52.7 Å². The molecule has 0 bridgehead atoms. The number of ether oxygens (including phenoxy) is 1. The maximum Gasteiger partial charge on any atom is 0.265 e. The topological polar surface area (TPSA) is 46.0 Å². The van der Waals surface area contributed by atoms with E-state index in [4.69, 9.17) is 4.74 Å². The Hall–Kier alpha value is -3.31. The fourth-order valence-corrected chi connectivity index (χ4v) is 4.45. The maximum atomic E-state index is 12.6. The van der Waals surface area contributed by atoms with Crippen LogP contribution in [0.1, 0.15) is 11.1 Å². The van der Waals surface area contributed by atoms with E-state index < -0.39 is 6.10 Å². The first-order chi connectivity index (χ1) is 15.2. The molecule has 158 valence electrons. The molecule has 3 aromatic carbocycles. The van der Waals surface area contributed by atoms with Gasteiger partial charge in [0.2, 0.25) is 0 Å². The minimum Gasteiger partial charge on any atom is -0.480 e. The molecule has 5 rings (SSSR count). The van der Waals surface area contributed by atoms with Crippen LogP contribution in [0.15, 0.2) is 78.9 Å². The molecule has 5 nitrogen and oxygen atoms in total. The quantitative estimate of drug-likeness (QED) is 0.675. The van der Waals surface area contributed by atoms with Crippen LogP contribution >= 0.6 is 0 Å². The van der Waals surface area contributed by atoms with Crippen molar-refractivity contribution in [1.82, 2.24) is 0 Å². The van der Waals surface area contributed by atoms with Crippen molar-refractivity contribution in [2.45, 2.75) is 19.1 Å². The number of nitrogens with zero attached hydrogens (tertiary/aromatic N) is 1. The predicted molar refractivity (Wildman–Crippen MR) is 123 cm³/mol. The molecule has 1 atom stereocenters. The van der Waals surface area contributed by atoms with Gasteiger partial charge in [0.25, 0.3) is 5.91 Å². The normalized spacial score (nSPS) is 18.3. The van der Waals surface area contributed by atoms with E-state index in [9.17, 15) is 4.79 Å². The lowest BCUT2D eigenvalue weighted by molar-refractivity contribution is -0.914. The van der Waals surface area contributed by atoms with Gasteiger partial charge in [-0.25, -0.2) is 0 Å². The van der Waals surface area contributed by atoms with Crippen LogP contribution in [0, 0.1) is 0 Å². The van der Waals surface area contributed by atoms with E-state index >= 15 is 0 Å². The molecule has 2 aliphatic heterocycles. The van der Waals surface area contributed by atoms with Crippen molar-refractivity contribution in [2.24, 2.45) is 0 Å². The number of rotatable bonds is 5. The number of nitrogens with one attached hydrogen (secondary N) is 2. The summed E-state index contributed by atoms with van der Waals surface area (Å²) in [5.41, 5.74) is 4.51. The summed E-state index contributed by atoms with van der Waals surface area (Å²) in [4.78, 5) is 16.7. The van der Waals surface area contributed by atoms with Crippen LogP contribution in [0.2, 0.25) is 0 Å². The molecule has 0 aliphatic carbocycles. The second-order valence-corrected chi connectivity index (χ2v) is 8.35. The SMILES string of the molecule is O=C(Nc1ccc(N2CC[NH+](Cc3ccccc3)CC2)cc1)[C@H]1Cc2ccccc2O1. The number of fused-ring (bicyclic) bond motifs is 1. The third kappa shape index (κ3) is 4.57. The van der Waals surface area contributed by atoms with Crippen LogP contribution in [-0.2, 0) is 17.8 Å². The predicted octanol–water partition coefficient (Wildman–Crippen LogP) is 2.53. The lowest BCUT2D eigenvalue weighted by atomic mass is 10.1. The number of amides is 1. The number of carbonyl (C=O) groups excluding carboxylic acids is 1. The van der Waals surface area contributed by atoms with E-state index in [0.717, 1.165) is 49.7 Å². The Morgan fingerprint density at radius 1 is 0.935 bits per heavy atom. The van der Waals surface area contributed by atoms with Crippen LogP contribution in [0.25, 0.3) is 0 Å². The van der Waals surface area contributed by atoms with Crippen molar-refractivity contribution >= 4 is 17.3 Å². The van der Waals surface area contributed by atoms with Gasteiger partial charge in [-0.05, 0) is 35.9 Å². The molecule has 2 heterocycles. The zero-order valence-electron chi connectivity index (χ0n) is 17.6. The molecular weight excluding hydrogens is 386 g/mol. The van der Waals surface area contributed by atoms with Gasteiger partial charge < -0.3 is 19.9 Å². The summed E-state index contributed by atoms with van der Waals surface area (Å²) in [6.45, 7) is 5.44. The average molecular weight is 415 g/mol. The van der Waals surface area contributed by atoms with Crippen molar-refractivity contribution in [3.63, 3.8) is 0 Å². The van der Waals surface area contributed by atoms with Gasteiger partial charge in [0.1, 0.15) is 12.3 Å². The Kier molecular flexibility index (Phi) is 5.59. The summed E-state index contributed by atoms with van der Waals surface area (Å²) >= 11 is 0. The lowest BCUT2D eigenvalue weighted by Crippen LogP contribution is -3.13. The molecule has 5 heteroatoms. The minimum absolute atomic E-state index is 0.0953. The van der Waals surface area contributed by atoms with Crippen molar-refractivity contribution in [2.75, 3.05) is 36.4 Å².